The number of nitrogens with zero attached hydrogens (tertiary/aromatic N) is 1. The molecule has 2 N–H and O–H groups in total. The quantitative estimate of drug-likeness (QED) is 0.786. The third-order valence-corrected chi connectivity index (χ3v) is 9.28. The van der Waals surface area contributed by atoms with Gasteiger partial charge < -0.3 is 14.3 Å². The molecule has 0 radical (unpaired) electrons. The first-order chi connectivity index (χ1) is 11.0. The fraction of sp³-hybridized carbons (Fsp3) is 0.733. The molecule has 2 rings (SSSR count). The van der Waals surface area contributed by atoms with Crippen LogP contribution in [-0.2, 0) is 9.16 Å². The van der Waals surface area contributed by atoms with Gasteiger partial charge in [-0.05, 0) is 18.1 Å². The Balaban J connectivity index is 2.31. The van der Waals surface area contributed by atoms with Crippen molar-refractivity contribution in [2.24, 2.45) is 0 Å². The molecule has 0 saturated carbocycles. The number of ether oxygens (including phenoxy) is 1. The lowest BCUT2D eigenvalue weighted by atomic mass is 10.1. The Labute approximate surface area is 140 Å². The molecule has 1 aliphatic rings. The average molecular weight is 360 g/mol. The van der Waals surface area contributed by atoms with Crippen LogP contribution in [0.2, 0.25) is 18.1 Å². The molecule has 9 heteroatoms. The van der Waals surface area contributed by atoms with E-state index in [4.69, 9.17) is 9.16 Å². The lowest BCUT2D eigenvalue weighted by Crippen LogP contribution is -2.49. The molecule has 0 aromatic carbocycles. The maximum atomic E-state index is 15.0. The van der Waals surface area contributed by atoms with Gasteiger partial charge in [0.15, 0.2) is 20.7 Å². The number of aliphatic hydroxyl groups excluding tert-OH is 1. The van der Waals surface area contributed by atoms with Gasteiger partial charge in [-0.25, -0.2) is 9.18 Å². The Morgan fingerprint density at radius 1 is 1.42 bits per heavy atom. The minimum Gasteiger partial charge on any atom is -0.408 e. The Bertz CT molecular complexity index is 696. The molecule has 0 aliphatic carbocycles. The van der Waals surface area contributed by atoms with Crippen molar-refractivity contribution in [1.82, 2.24) is 9.55 Å². The molecule has 1 aromatic heterocycles. The maximum absolute atomic E-state index is 15.0. The Hall–Kier alpha value is -1.29. The number of rotatable bonds is 4. The number of aromatic nitrogens is 2. The van der Waals surface area contributed by atoms with Gasteiger partial charge in [0.05, 0.1) is 6.61 Å². The highest BCUT2D eigenvalue weighted by atomic mass is 28.4. The minimum absolute atomic E-state index is 0.139. The second-order valence-electron chi connectivity index (χ2n) is 7.55. The normalized spacial score (nSPS) is 28.3. The van der Waals surface area contributed by atoms with E-state index in [-0.39, 0.29) is 5.04 Å². The van der Waals surface area contributed by atoms with E-state index in [9.17, 15) is 19.1 Å². The summed E-state index contributed by atoms with van der Waals surface area (Å²) in [7, 11) is -2.30. The third-order valence-electron chi connectivity index (χ3n) is 4.81. The van der Waals surface area contributed by atoms with Gasteiger partial charge in [0, 0.05) is 12.3 Å². The summed E-state index contributed by atoms with van der Waals surface area (Å²) in [5, 5.41) is 9.39. The lowest BCUT2D eigenvalue weighted by molar-refractivity contribution is -0.0479. The highest BCUT2D eigenvalue weighted by molar-refractivity contribution is 6.74. The molecule has 1 aromatic rings. The Kier molecular flexibility index (Phi) is 5.19. The first-order valence-electron chi connectivity index (χ1n) is 7.87. The van der Waals surface area contributed by atoms with Gasteiger partial charge in [-0.2, -0.15) is 0 Å². The summed E-state index contributed by atoms with van der Waals surface area (Å²) in [5.74, 6) is 0. The third kappa shape index (κ3) is 3.53. The van der Waals surface area contributed by atoms with Crippen LogP contribution in [0.15, 0.2) is 21.9 Å². The number of H-pyrrole nitrogens is 1. The standard InChI is InChI=1S/C15H25FN2O5Si/c1-15(2,3)24(4,5)23-12-9(8-19)22-13(11(12)16)18-7-6-10(20)17-14(18)21/h6-7,9,11-13,19H,8H2,1-5H3,(H,17,20,21)/t9-,11+,12-,13-/m1/s1. The van der Waals surface area contributed by atoms with Crippen LogP contribution in [0.3, 0.4) is 0 Å². The van der Waals surface area contributed by atoms with Crippen molar-refractivity contribution < 1.29 is 18.7 Å². The smallest absolute Gasteiger partial charge is 0.330 e. The van der Waals surface area contributed by atoms with Crippen molar-refractivity contribution in [3.8, 4) is 0 Å². The van der Waals surface area contributed by atoms with E-state index in [1.54, 1.807) is 0 Å². The van der Waals surface area contributed by atoms with Gasteiger partial charge in [0.25, 0.3) is 5.56 Å². The summed E-state index contributed by atoms with van der Waals surface area (Å²) in [6.45, 7) is 9.62. The van der Waals surface area contributed by atoms with E-state index in [1.807, 2.05) is 33.9 Å². The molecule has 0 amide bonds. The van der Waals surface area contributed by atoms with Crippen LogP contribution in [0.1, 0.15) is 27.0 Å². The van der Waals surface area contributed by atoms with Crippen molar-refractivity contribution >= 4 is 8.32 Å². The maximum Gasteiger partial charge on any atom is 0.330 e. The van der Waals surface area contributed by atoms with Crippen LogP contribution >= 0.6 is 0 Å². The molecular formula is C15H25FN2O5Si. The average Bonchev–Trinajstić information content (AvgIpc) is 2.74. The number of alkyl halides is 1. The zero-order chi connectivity index (χ0) is 18.3. The van der Waals surface area contributed by atoms with E-state index in [1.165, 1.54) is 6.20 Å². The van der Waals surface area contributed by atoms with Crippen LogP contribution in [0, 0.1) is 0 Å². The predicted octanol–water partition coefficient (Wildman–Crippen LogP) is 1.15. The molecule has 7 nitrogen and oxygen atoms in total. The topological polar surface area (TPSA) is 93.6 Å². The minimum atomic E-state index is -2.30. The number of aliphatic hydroxyl groups is 1. The van der Waals surface area contributed by atoms with Crippen molar-refractivity contribution in [2.45, 2.75) is 63.5 Å². The highest BCUT2D eigenvalue weighted by Gasteiger charge is 2.51. The van der Waals surface area contributed by atoms with E-state index in [0.717, 1.165) is 10.6 Å². The molecule has 4 atom stereocenters. The number of hydrogen-bond donors (Lipinski definition) is 2. The monoisotopic (exact) mass is 360 g/mol. The number of nitrogens with one attached hydrogen (secondary N) is 1. The number of halogens is 1. The summed E-state index contributed by atoms with van der Waals surface area (Å²) in [6, 6.07) is 1.12. The van der Waals surface area contributed by atoms with Crippen molar-refractivity contribution in [1.29, 1.82) is 0 Å². The molecule has 1 fully saturated rings. The van der Waals surface area contributed by atoms with Crippen molar-refractivity contribution in [2.75, 3.05) is 6.61 Å². The highest BCUT2D eigenvalue weighted by Crippen LogP contribution is 2.41. The second-order valence-corrected chi connectivity index (χ2v) is 12.3. The molecule has 2 heterocycles. The van der Waals surface area contributed by atoms with Crippen molar-refractivity contribution in [3.63, 3.8) is 0 Å². The molecule has 0 bridgehead atoms. The molecule has 1 aliphatic heterocycles. The van der Waals surface area contributed by atoms with Crippen LogP contribution in [0.4, 0.5) is 4.39 Å². The fourth-order valence-electron chi connectivity index (χ4n) is 2.35. The van der Waals surface area contributed by atoms with E-state index in [0.29, 0.717) is 0 Å². The second kappa shape index (κ2) is 6.55. The Morgan fingerprint density at radius 3 is 2.54 bits per heavy atom. The van der Waals surface area contributed by atoms with Gasteiger partial charge in [-0.3, -0.25) is 14.3 Å². The molecular weight excluding hydrogens is 335 g/mol. The number of aromatic amines is 1. The summed E-state index contributed by atoms with van der Waals surface area (Å²) >= 11 is 0. The summed E-state index contributed by atoms with van der Waals surface area (Å²) in [5.41, 5.74) is -1.34. The Morgan fingerprint density at radius 2 is 2.04 bits per heavy atom. The molecule has 1 saturated heterocycles. The van der Waals surface area contributed by atoms with Crippen LogP contribution in [-0.4, -0.2) is 48.0 Å². The van der Waals surface area contributed by atoms with E-state index >= 15 is 0 Å². The molecule has 24 heavy (non-hydrogen) atoms. The summed E-state index contributed by atoms with van der Waals surface area (Å²) in [4.78, 5) is 25.1. The number of hydrogen-bond acceptors (Lipinski definition) is 5. The largest absolute Gasteiger partial charge is 0.408 e. The van der Waals surface area contributed by atoms with Crippen LogP contribution in [0.25, 0.3) is 0 Å². The van der Waals surface area contributed by atoms with Gasteiger partial charge >= 0.3 is 5.69 Å². The van der Waals surface area contributed by atoms with Gasteiger partial charge in [0.2, 0.25) is 0 Å². The van der Waals surface area contributed by atoms with E-state index in [2.05, 4.69) is 4.98 Å². The molecule has 0 spiro atoms. The molecule has 0 unspecified atom stereocenters. The van der Waals surface area contributed by atoms with Crippen LogP contribution < -0.4 is 11.2 Å². The van der Waals surface area contributed by atoms with Crippen LogP contribution in [0.5, 0.6) is 0 Å². The predicted molar refractivity (Wildman–Crippen MR) is 89.3 cm³/mol. The van der Waals surface area contributed by atoms with Gasteiger partial charge in [-0.15, -0.1) is 0 Å². The first-order valence-corrected chi connectivity index (χ1v) is 10.8. The SMILES string of the molecule is CC(C)(C)[Si](C)(C)O[C@H]1[C@H](F)[C@H](n2ccc(=O)[nH]c2=O)O[C@@H]1CO. The van der Waals surface area contributed by atoms with Gasteiger partial charge in [-0.1, -0.05) is 20.8 Å². The molecule has 136 valence electrons. The fourth-order valence-corrected chi connectivity index (χ4v) is 3.67. The lowest BCUT2D eigenvalue weighted by Gasteiger charge is -2.39. The summed E-state index contributed by atoms with van der Waals surface area (Å²) in [6.07, 6.45) is -3.56. The zero-order valence-corrected chi connectivity index (χ0v) is 15.6. The summed E-state index contributed by atoms with van der Waals surface area (Å²) < 4.78 is 27.6. The van der Waals surface area contributed by atoms with E-state index < -0.39 is 50.8 Å². The van der Waals surface area contributed by atoms with Gasteiger partial charge in [0.1, 0.15) is 12.2 Å². The first kappa shape index (κ1) is 19.0. The zero-order valence-electron chi connectivity index (χ0n) is 14.6. The van der Waals surface area contributed by atoms with Crippen molar-refractivity contribution in [3.05, 3.63) is 33.1 Å².